The van der Waals surface area contributed by atoms with Crippen LogP contribution in [-0.2, 0) is 19.1 Å². The predicted octanol–water partition coefficient (Wildman–Crippen LogP) is 0.137. The second-order valence-corrected chi connectivity index (χ2v) is 2.58. The first kappa shape index (κ1) is 10.7. The maximum atomic E-state index is 10.7. The summed E-state index contributed by atoms with van der Waals surface area (Å²) in [5, 5.41) is 0. The minimum atomic E-state index is -0.863. The SMILES string of the molecule is COC(C=O)C(OC)C(=O)Br. The summed E-state index contributed by atoms with van der Waals surface area (Å²) in [5.41, 5.74) is 0. The lowest BCUT2D eigenvalue weighted by atomic mass is 10.2. The molecule has 0 aliphatic heterocycles. The Labute approximate surface area is 73.0 Å². The van der Waals surface area contributed by atoms with Gasteiger partial charge in [-0.1, -0.05) is 0 Å². The second kappa shape index (κ2) is 5.40. The first-order chi connectivity index (χ1) is 5.17. The maximum absolute atomic E-state index is 10.7. The third kappa shape index (κ3) is 3.09. The monoisotopic (exact) mass is 224 g/mol. The van der Waals surface area contributed by atoms with Crippen LogP contribution < -0.4 is 0 Å². The van der Waals surface area contributed by atoms with Crippen LogP contribution in [0, 0.1) is 0 Å². The van der Waals surface area contributed by atoms with Crippen LogP contribution in [-0.4, -0.2) is 37.4 Å². The Morgan fingerprint density at radius 1 is 1.45 bits per heavy atom. The number of carbonyl (C=O) groups excluding carboxylic acids is 2. The molecule has 0 saturated carbocycles. The van der Waals surface area contributed by atoms with E-state index in [1.54, 1.807) is 0 Å². The van der Waals surface area contributed by atoms with Gasteiger partial charge in [0, 0.05) is 14.2 Å². The summed E-state index contributed by atoms with van der Waals surface area (Å²) in [5.74, 6) is 0. The number of carbonyl (C=O) groups is 2. The zero-order valence-corrected chi connectivity index (χ0v) is 7.83. The van der Waals surface area contributed by atoms with Gasteiger partial charge in [-0.2, -0.15) is 0 Å². The zero-order valence-electron chi connectivity index (χ0n) is 6.24. The molecule has 0 spiro atoms. The van der Waals surface area contributed by atoms with Crippen molar-refractivity contribution in [1.29, 1.82) is 0 Å². The van der Waals surface area contributed by atoms with Gasteiger partial charge in [0.25, 0.3) is 0 Å². The van der Waals surface area contributed by atoms with Crippen molar-refractivity contribution in [3.05, 3.63) is 0 Å². The van der Waals surface area contributed by atoms with Crippen molar-refractivity contribution in [3.8, 4) is 0 Å². The van der Waals surface area contributed by atoms with Crippen LogP contribution in [0.2, 0.25) is 0 Å². The molecular formula is C6H9BrO4. The van der Waals surface area contributed by atoms with E-state index >= 15 is 0 Å². The van der Waals surface area contributed by atoms with Gasteiger partial charge in [0.2, 0.25) is 4.69 Å². The number of ether oxygens (including phenoxy) is 2. The lowest BCUT2D eigenvalue weighted by Crippen LogP contribution is -2.35. The summed E-state index contributed by atoms with van der Waals surface area (Å²) < 4.78 is 8.97. The van der Waals surface area contributed by atoms with Gasteiger partial charge in [-0.3, -0.25) is 4.79 Å². The van der Waals surface area contributed by atoms with E-state index in [0.717, 1.165) is 0 Å². The smallest absolute Gasteiger partial charge is 0.229 e. The molecule has 0 aliphatic rings. The van der Waals surface area contributed by atoms with E-state index in [-0.39, 0.29) is 0 Å². The highest BCUT2D eigenvalue weighted by Gasteiger charge is 2.25. The van der Waals surface area contributed by atoms with Crippen LogP contribution >= 0.6 is 15.9 Å². The normalized spacial score (nSPS) is 15.5. The largest absolute Gasteiger partial charge is 0.371 e. The number of hydrogen-bond acceptors (Lipinski definition) is 4. The third-order valence-electron chi connectivity index (χ3n) is 1.18. The van der Waals surface area contributed by atoms with Gasteiger partial charge in [-0.25, -0.2) is 0 Å². The van der Waals surface area contributed by atoms with Crippen LogP contribution in [0.25, 0.3) is 0 Å². The molecular weight excluding hydrogens is 216 g/mol. The van der Waals surface area contributed by atoms with Gasteiger partial charge < -0.3 is 14.3 Å². The van der Waals surface area contributed by atoms with Crippen molar-refractivity contribution in [2.24, 2.45) is 0 Å². The van der Waals surface area contributed by atoms with E-state index in [0.29, 0.717) is 6.29 Å². The Bertz CT molecular complexity index is 148. The van der Waals surface area contributed by atoms with Gasteiger partial charge in [0.05, 0.1) is 0 Å². The molecule has 0 aromatic heterocycles. The third-order valence-corrected chi connectivity index (χ3v) is 1.63. The van der Waals surface area contributed by atoms with Crippen molar-refractivity contribution >= 4 is 26.9 Å². The Morgan fingerprint density at radius 2 is 2.00 bits per heavy atom. The van der Waals surface area contributed by atoms with Gasteiger partial charge in [0.15, 0.2) is 12.4 Å². The highest BCUT2D eigenvalue weighted by atomic mass is 79.9. The van der Waals surface area contributed by atoms with Crippen molar-refractivity contribution in [3.63, 3.8) is 0 Å². The van der Waals surface area contributed by atoms with E-state index in [9.17, 15) is 9.59 Å². The standard InChI is InChI=1S/C6H9BrO4/c1-10-4(3-8)5(11-2)6(7)9/h3-5H,1-2H3. The van der Waals surface area contributed by atoms with Crippen molar-refractivity contribution in [2.75, 3.05) is 14.2 Å². The molecule has 2 unspecified atom stereocenters. The summed E-state index contributed by atoms with van der Waals surface area (Å²) in [6.07, 6.45) is -1.18. The van der Waals surface area contributed by atoms with Crippen molar-refractivity contribution in [2.45, 2.75) is 12.2 Å². The summed E-state index contributed by atoms with van der Waals surface area (Å²) in [4.78, 5) is 20.9. The molecule has 64 valence electrons. The molecule has 0 saturated heterocycles. The molecule has 0 radical (unpaired) electrons. The molecule has 0 rings (SSSR count). The number of halogens is 1. The van der Waals surface area contributed by atoms with Crippen LogP contribution in [0.4, 0.5) is 0 Å². The Balaban J connectivity index is 4.20. The van der Waals surface area contributed by atoms with Crippen LogP contribution in [0.3, 0.4) is 0 Å². The van der Waals surface area contributed by atoms with E-state index in [1.807, 2.05) is 0 Å². The Morgan fingerprint density at radius 3 is 2.09 bits per heavy atom. The number of methoxy groups -OCH3 is 2. The van der Waals surface area contributed by atoms with Crippen LogP contribution in [0.5, 0.6) is 0 Å². The highest BCUT2D eigenvalue weighted by Crippen LogP contribution is 2.05. The number of hydrogen-bond donors (Lipinski definition) is 0. The van der Waals surface area contributed by atoms with E-state index in [2.05, 4.69) is 20.7 Å². The molecule has 0 aromatic rings. The molecule has 11 heavy (non-hydrogen) atoms. The predicted molar refractivity (Wildman–Crippen MR) is 41.6 cm³/mol. The fraction of sp³-hybridized carbons (Fsp3) is 0.667. The Kier molecular flexibility index (Phi) is 5.27. The van der Waals surface area contributed by atoms with Gasteiger partial charge in [-0.05, 0) is 15.9 Å². The molecule has 0 fully saturated rings. The average Bonchev–Trinajstić information content (AvgIpc) is 1.99. The number of aldehydes is 1. The maximum Gasteiger partial charge on any atom is 0.229 e. The molecule has 0 heterocycles. The fourth-order valence-electron chi connectivity index (χ4n) is 0.606. The lowest BCUT2D eigenvalue weighted by Gasteiger charge is -2.15. The topological polar surface area (TPSA) is 52.6 Å². The summed E-state index contributed by atoms with van der Waals surface area (Å²) >= 11 is 2.68. The van der Waals surface area contributed by atoms with Crippen molar-refractivity contribution in [1.82, 2.24) is 0 Å². The minimum absolute atomic E-state index is 0.404. The summed E-state index contributed by atoms with van der Waals surface area (Å²) in [6.45, 7) is 0. The molecule has 0 amide bonds. The van der Waals surface area contributed by atoms with Crippen LogP contribution in [0.1, 0.15) is 0 Å². The van der Waals surface area contributed by atoms with Crippen LogP contribution in [0.15, 0.2) is 0 Å². The van der Waals surface area contributed by atoms with E-state index in [1.165, 1.54) is 14.2 Å². The quantitative estimate of drug-likeness (QED) is 0.493. The molecule has 0 bridgehead atoms. The zero-order chi connectivity index (χ0) is 8.85. The fourth-order valence-corrected chi connectivity index (χ4v) is 1.05. The first-order valence-electron chi connectivity index (χ1n) is 2.87. The van der Waals surface area contributed by atoms with E-state index in [4.69, 9.17) is 4.74 Å². The summed E-state index contributed by atoms with van der Waals surface area (Å²) in [6, 6.07) is 0. The van der Waals surface area contributed by atoms with Gasteiger partial charge >= 0.3 is 0 Å². The average molecular weight is 225 g/mol. The molecule has 0 N–H and O–H groups in total. The Hall–Kier alpha value is -0.260. The molecule has 2 atom stereocenters. The first-order valence-corrected chi connectivity index (χ1v) is 3.67. The molecule has 0 aliphatic carbocycles. The van der Waals surface area contributed by atoms with Gasteiger partial charge in [-0.15, -0.1) is 0 Å². The molecule has 4 nitrogen and oxygen atoms in total. The van der Waals surface area contributed by atoms with Crippen molar-refractivity contribution < 1.29 is 19.1 Å². The second-order valence-electron chi connectivity index (χ2n) is 1.80. The highest BCUT2D eigenvalue weighted by molar-refractivity contribution is 9.18. The summed E-state index contributed by atoms with van der Waals surface area (Å²) in [7, 11) is 2.67. The van der Waals surface area contributed by atoms with Gasteiger partial charge in [0.1, 0.15) is 6.10 Å². The number of rotatable bonds is 5. The molecule has 5 heteroatoms. The molecule has 0 aromatic carbocycles. The minimum Gasteiger partial charge on any atom is -0.371 e. The lowest BCUT2D eigenvalue weighted by molar-refractivity contribution is -0.136. The van der Waals surface area contributed by atoms with E-state index < -0.39 is 16.9 Å².